The second-order valence-corrected chi connectivity index (χ2v) is 4.47. The number of piperazine rings is 1. The lowest BCUT2D eigenvalue weighted by Crippen LogP contribution is -2.55. The topological polar surface area (TPSA) is 84.5 Å². The van der Waals surface area contributed by atoms with Gasteiger partial charge in [0.15, 0.2) is 0 Å². The molecule has 0 aliphatic carbocycles. The van der Waals surface area contributed by atoms with Gasteiger partial charge in [0.05, 0.1) is 17.9 Å². The van der Waals surface area contributed by atoms with Crippen LogP contribution in [0.5, 0.6) is 0 Å². The number of aryl methyl sites for hydroxylation is 1. The molecule has 1 aliphatic heterocycles. The first-order valence-electron chi connectivity index (χ1n) is 5.82. The van der Waals surface area contributed by atoms with Gasteiger partial charge in [-0.1, -0.05) is 0 Å². The fraction of sp³-hybridized carbons (Fsp3) is 0.545. The Morgan fingerprint density at radius 1 is 1.50 bits per heavy atom. The Balaban J connectivity index is 2.05. The molecular weight excluding hydrogens is 234 g/mol. The van der Waals surface area contributed by atoms with E-state index in [1.165, 1.54) is 4.90 Å². The highest BCUT2D eigenvalue weighted by Gasteiger charge is 2.29. The summed E-state index contributed by atoms with van der Waals surface area (Å²) in [7, 11) is 1.80. The maximum absolute atomic E-state index is 12.0. The van der Waals surface area contributed by atoms with Crippen LogP contribution in [0.15, 0.2) is 12.4 Å². The van der Waals surface area contributed by atoms with E-state index >= 15 is 0 Å². The molecule has 2 amide bonds. The van der Waals surface area contributed by atoms with Gasteiger partial charge in [0.25, 0.3) is 0 Å². The molecule has 0 saturated carbocycles. The average Bonchev–Trinajstić information content (AvgIpc) is 2.74. The number of amides is 2. The summed E-state index contributed by atoms with van der Waals surface area (Å²) in [6.07, 6.45) is 3.42. The average molecular weight is 251 g/mol. The Morgan fingerprint density at radius 2 is 2.22 bits per heavy atom. The number of carbonyl (C=O) groups excluding carboxylic acids is 2. The molecule has 0 spiro atoms. The molecule has 0 radical (unpaired) electrons. The molecule has 0 unspecified atom stereocenters. The zero-order valence-corrected chi connectivity index (χ0v) is 10.5. The van der Waals surface area contributed by atoms with E-state index in [-0.39, 0.29) is 18.4 Å². The quantitative estimate of drug-likeness (QED) is 0.726. The predicted molar refractivity (Wildman–Crippen MR) is 65.8 cm³/mol. The minimum atomic E-state index is -0.567. The molecule has 18 heavy (non-hydrogen) atoms. The molecule has 1 aromatic rings. The molecule has 1 aromatic heterocycles. The van der Waals surface area contributed by atoms with E-state index in [0.29, 0.717) is 13.1 Å². The van der Waals surface area contributed by atoms with Gasteiger partial charge in [-0.05, 0) is 6.92 Å². The monoisotopic (exact) mass is 251 g/mol. The first-order chi connectivity index (χ1) is 8.49. The van der Waals surface area contributed by atoms with Gasteiger partial charge < -0.3 is 15.5 Å². The molecule has 1 fully saturated rings. The van der Waals surface area contributed by atoms with E-state index in [1.54, 1.807) is 35.9 Å². The Kier molecular flexibility index (Phi) is 3.33. The van der Waals surface area contributed by atoms with E-state index < -0.39 is 6.04 Å². The van der Waals surface area contributed by atoms with E-state index in [0.717, 1.165) is 5.69 Å². The molecule has 1 atom stereocenters. The van der Waals surface area contributed by atoms with Crippen LogP contribution in [0.2, 0.25) is 0 Å². The fourth-order valence-electron chi connectivity index (χ4n) is 1.97. The highest BCUT2D eigenvalue weighted by Crippen LogP contribution is 2.16. The number of aromatic nitrogens is 2. The van der Waals surface area contributed by atoms with Crippen LogP contribution in [0.1, 0.15) is 6.92 Å². The van der Waals surface area contributed by atoms with Crippen LogP contribution in [0, 0.1) is 0 Å². The summed E-state index contributed by atoms with van der Waals surface area (Å²) in [6.45, 7) is 2.68. The van der Waals surface area contributed by atoms with Crippen molar-refractivity contribution < 1.29 is 9.59 Å². The van der Waals surface area contributed by atoms with Crippen molar-refractivity contribution in [1.29, 1.82) is 0 Å². The second-order valence-electron chi connectivity index (χ2n) is 4.47. The van der Waals surface area contributed by atoms with Gasteiger partial charge in [0, 0.05) is 26.3 Å². The largest absolute Gasteiger partial charge is 0.330 e. The summed E-state index contributed by atoms with van der Waals surface area (Å²) in [5.74, 6) is -0.294. The number of hydrogen-bond donors (Lipinski definition) is 1. The minimum absolute atomic E-state index is 0.0786. The van der Waals surface area contributed by atoms with Gasteiger partial charge in [0.2, 0.25) is 11.8 Å². The first-order valence-corrected chi connectivity index (χ1v) is 5.82. The van der Waals surface area contributed by atoms with Gasteiger partial charge in [-0.3, -0.25) is 14.3 Å². The summed E-state index contributed by atoms with van der Waals surface area (Å²) >= 11 is 0. The lowest BCUT2D eigenvalue weighted by molar-refractivity contribution is -0.137. The van der Waals surface area contributed by atoms with Crippen LogP contribution in [-0.4, -0.2) is 52.2 Å². The number of nitrogens with two attached hydrogens (primary N) is 1. The second kappa shape index (κ2) is 4.77. The third-order valence-corrected chi connectivity index (χ3v) is 2.92. The molecule has 0 aromatic carbocycles. The number of anilines is 1. The van der Waals surface area contributed by atoms with Crippen LogP contribution in [0.4, 0.5) is 5.69 Å². The molecule has 1 aliphatic rings. The van der Waals surface area contributed by atoms with Gasteiger partial charge in [-0.2, -0.15) is 5.10 Å². The van der Waals surface area contributed by atoms with Crippen molar-refractivity contribution >= 4 is 17.5 Å². The van der Waals surface area contributed by atoms with Crippen molar-refractivity contribution in [3.05, 3.63) is 12.4 Å². The number of hydrogen-bond acceptors (Lipinski definition) is 4. The summed E-state index contributed by atoms with van der Waals surface area (Å²) in [5, 5.41) is 4.03. The predicted octanol–water partition coefficient (Wildman–Crippen LogP) is -1.06. The SMILES string of the molecule is C[C@@H](N)C(=O)N1CCN(c2cnn(C)c2)C(=O)C1. The maximum atomic E-state index is 12.0. The molecule has 2 N–H and O–H groups in total. The van der Waals surface area contributed by atoms with Gasteiger partial charge in [-0.25, -0.2) is 0 Å². The van der Waals surface area contributed by atoms with Gasteiger partial charge in [0.1, 0.15) is 6.54 Å². The van der Waals surface area contributed by atoms with Crippen molar-refractivity contribution in [3.8, 4) is 0 Å². The van der Waals surface area contributed by atoms with Crippen molar-refractivity contribution in [3.63, 3.8) is 0 Å². The van der Waals surface area contributed by atoms with Crippen LogP contribution >= 0.6 is 0 Å². The van der Waals surface area contributed by atoms with E-state index in [2.05, 4.69) is 5.10 Å². The smallest absolute Gasteiger partial charge is 0.246 e. The third-order valence-electron chi connectivity index (χ3n) is 2.92. The van der Waals surface area contributed by atoms with E-state index in [4.69, 9.17) is 5.73 Å². The summed E-state index contributed by atoms with van der Waals surface area (Å²) in [6, 6.07) is -0.567. The molecular formula is C11H17N5O2. The Morgan fingerprint density at radius 3 is 2.72 bits per heavy atom. The van der Waals surface area contributed by atoms with Gasteiger partial charge in [-0.15, -0.1) is 0 Å². The van der Waals surface area contributed by atoms with Crippen LogP contribution in [-0.2, 0) is 16.6 Å². The highest BCUT2D eigenvalue weighted by molar-refractivity contribution is 5.98. The zero-order chi connectivity index (χ0) is 13.3. The molecule has 7 nitrogen and oxygen atoms in total. The van der Waals surface area contributed by atoms with Gasteiger partial charge >= 0.3 is 0 Å². The summed E-state index contributed by atoms with van der Waals surface area (Å²) < 4.78 is 1.64. The summed E-state index contributed by atoms with van der Waals surface area (Å²) in [5.41, 5.74) is 6.29. The molecule has 7 heteroatoms. The fourth-order valence-corrected chi connectivity index (χ4v) is 1.97. The number of carbonyl (C=O) groups is 2. The van der Waals surface area contributed by atoms with Crippen molar-refractivity contribution in [1.82, 2.24) is 14.7 Å². The third kappa shape index (κ3) is 2.35. The lowest BCUT2D eigenvalue weighted by atomic mass is 10.2. The van der Waals surface area contributed by atoms with Crippen molar-refractivity contribution in [2.75, 3.05) is 24.5 Å². The Labute approximate surface area is 105 Å². The molecule has 2 rings (SSSR count). The summed E-state index contributed by atoms with van der Waals surface area (Å²) in [4.78, 5) is 26.8. The zero-order valence-electron chi connectivity index (χ0n) is 10.5. The van der Waals surface area contributed by atoms with Crippen LogP contribution < -0.4 is 10.6 Å². The maximum Gasteiger partial charge on any atom is 0.246 e. The van der Waals surface area contributed by atoms with E-state index in [1.807, 2.05) is 0 Å². The Bertz CT molecular complexity index is 468. The Hall–Kier alpha value is -1.89. The molecule has 1 saturated heterocycles. The van der Waals surface area contributed by atoms with Crippen LogP contribution in [0.3, 0.4) is 0 Å². The van der Waals surface area contributed by atoms with Crippen molar-refractivity contribution in [2.24, 2.45) is 12.8 Å². The molecule has 0 bridgehead atoms. The first kappa shape index (κ1) is 12.6. The standard InChI is InChI=1S/C11H17N5O2/c1-8(12)11(18)15-3-4-16(10(17)7-15)9-5-13-14(2)6-9/h5-6,8H,3-4,7,12H2,1-2H3/t8-/m1/s1. The molecule has 98 valence electrons. The van der Waals surface area contributed by atoms with E-state index in [9.17, 15) is 9.59 Å². The minimum Gasteiger partial charge on any atom is -0.330 e. The normalized spacial score (nSPS) is 18.1. The molecule has 2 heterocycles. The number of nitrogens with zero attached hydrogens (tertiary/aromatic N) is 4. The van der Waals surface area contributed by atoms with Crippen molar-refractivity contribution in [2.45, 2.75) is 13.0 Å². The number of rotatable bonds is 2. The van der Waals surface area contributed by atoms with Crippen LogP contribution in [0.25, 0.3) is 0 Å². The highest BCUT2D eigenvalue weighted by atomic mass is 16.2. The lowest BCUT2D eigenvalue weighted by Gasteiger charge is -2.34.